The molecule has 2 unspecified atom stereocenters. The van der Waals surface area contributed by atoms with E-state index < -0.39 is 6.10 Å². The molecule has 0 aliphatic rings. The zero-order valence-corrected chi connectivity index (χ0v) is 11.6. The van der Waals surface area contributed by atoms with E-state index in [2.05, 4.69) is 15.9 Å². The van der Waals surface area contributed by atoms with Crippen molar-refractivity contribution in [1.82, 2.24) is 0 Å². The standard InChI is InChI=1S/C13H19BrO2/c1-9-6-11(8-12(14)7-9)13(15)10(2)4-5-16-3/h6-8,10,13,15H,4-5H2,1-3H3. The van der Waals surface area contributed by atoms with E-state index in [1.165, 1.54) is 0 Å². The fraction of sp³-hybridized carbons (Fsp3) is 0.538. The van der Waals surface area contributed by atoms with Crippen LogP contribution < -0.4 is 0 Å². The SMILES string of the molecule is COCCC(C)C(O)c1cc(C)cc(Br)c1. The predicted octanol–water partition coefficient (Wildman–Crippen LogP) is 3.46. The molecule has 0 spiro atoms. The second-order valence-corrected chi connectivity index (χ2v) is 5.18. The first-order chi connectivity index (χ1) is 7.54. The van der Waals surface area contributed by atoms with Gasteiger partial charge in [-0.15, -0.1) is 0 Å². The van der Waals surface area contributed by atoms with E-state index in [1.54, 1.807) is 7.11 Å². The maximum Gasteiger partial charge on any atom is 0.0816 e. The molecule has 2 atom stereocenters. The predicted molar refractivity (Wildman–Crippen MR) is 69.5 cm³/mol. The molecule has 1 aromatic carbocycles. The molecule has 2 nitrogen and oxygen atoms in total. The summed E-state index contributed by atoms with van der Waals surface area (Å²) in [7, 11) is 1.68. The van der Waals surface area contributed by atoms with E-state index in [4.69, 9.17) is 4.74 Å². The van der Waals surface area contributed by atoms with Crippen molar-refractivity contribution >= 4 is 15.9 Å². The highest BCUT2D eigenvalue weighted by Gasteiger charge is 2.16. The van der Waals surface area contributed by atoms with Crippen molar-refractivity contribution in [3.05, 3.63) is 33.8 Å². The number of hydrogen-bond acceptors (Lipinski definition) is 2. The van der Waals surface area contributed by atoms with Gasteiger partial charge in [-0.05, 0) is 42.5 Å². The number of aliphatic hydroxyl groups excluding tert-OH is 1. The van der Waals surface area contributed by atoms with Crippen LogP contribution in [0.2, 0.25) is 0 Å². The Balaban J connectivity index is 2.74. The van der Waals surface area contributed by atoms with Gasteiger partial charge < -0.3 is 9.84 Å². The van der Waals surface area contributed by atoms with Gasteiger partial charge in [-0.2, -0.15) is 0 Å². The van der Waals surface area contributed by atoms with Gasteiger partial charge >= 0.3 is 0 Å². The summed E-state index contributed by atoms with van der Waals surface area (Å²) in [5.74, 6) is 0.202. The minimum atomic E-state index is -0.425. The fourth-order valence-electron chi connectivity index (χ4n) is 1.73. The molecule has 0 fully saturated rings. The van der Waals surface area contributed by atoms with Gasteiger partial charge in [0.1, 0.15) is 0 Å². The Morgan fingerprint density at radius 1 is 1.38 bits per heavy atom. The summed E-state index contributed by atoms with van der Waals surface area (Å²) in [5.41, 5.74) is 2.12. The minimum Gasteiger partial charge on any atom is -0.388 e. The third-order valence-electron chi connectivity index (χ3n) is 2.72. The Morgan fingerprint density at radius 2 is 2.06 bits per heavy atom. The monoisotopic (exact) mass is 286 g/mol. The molecule has 1 N–H and O–H groups in total. The van der Waals surface area contributed by atoms with Crippen molar-refractivity contribution in [3.63, 3.8) is 0 Å². The number of methoxy groups -OCH3 is 1. The summed E-state index contributed by atoms with van der Waals surface area (Å²) in [6.45, 7) is 4.76. The minimum absolute atomic E-state index is 0.202. The summed E-state index contributed by atoms with van der Waals surface area (Å²) in [4.78, 5) is 0. The molecule has 0 saturated heterocycles. The van der Waals surface area contributed by atoms with Crippen LogP contribution in [0.15, 0.2) is 22.7 Å². The molecule has 0 aliphatic carbocycles. The summed E-state index contributed by atoms with van der Waals surface area (Å²) < 4.78 is 6.04. The van der Waals surface area contributed by atoms with Crippen LogP contribution in [0.1, 0.15) is 30.6 Å². The summed E-state index contributed by atoms with van der Waals surface area (Å²) >= 11 is 3.45. The summed E-state index contributed by atoms with van der Waals surface area (Å²) in [6, 6.07) is 6.04. The first-order valence-electron chi connectivity index (χ1n) is 5.48. The lowest BCUT2D eigenvalue weighted by Crippen LogP contribution is -2.11. The molecule has 3 heteroatoms. The molecule has 90 valence electrons. The highest BCUT2D eigenvalue weighted by atomic mass is 79.9. The van der Waals surface area contributed by atoms with E-state index in [0.717, 1.165) is 22.0 Å². The molecule has 0 radical (unpaired) electrons. The van der Waals surface area contributed by atoms with Gasteiger partial charge in [0.05, 0.1) is 6.10 Å². The van der Waals surface area contributed by atoms with Crippen LogP contribution in [0.4, 0.5) is 0 Å². The Hall–Kier alpha value is -0.380. The van der Waals surface area contributed by atoms with Crippen LogP contribution in [-0.2, 0) is 4.74 Å². The number of benzene rings is 1. The maximum absolute atomic E-state index is 10.2. The van der Waals surface area contributed by atoms with Gasteiger partial charge in [-0.1, -0.05) is 28.9 Å². The Kier molecular flexibility index (Phi) is 5.46. The lowest BCUT2D eigenvalue weighted by molar-refractivity contribution is 0.0885. The fourth-order valence-corrected chi connectivity index (χ4v) is 2.35. The Bertz CT molecular complexity index is 318. The van der Waals surface area contributed by atoms with Gasteiger partial charge in [0.15, 0.2) is 0 Å². The average molecular weight is 287 g/mol. The molecular weight excluding hydrogens is 268 g/mol. The number of hydrogen-bond donors (Lipinski definition) is 1. The van der Waals surface area contributed by atoms with E-state index >= 15 is 0 Å². The van der Waals surface area contributed by atoms with Crippen molar-refractivity contribution in [2.24, 2.45) is 5.92 Å². The second kappa shape index (κ2) is 6.38. The molecule has 0 amide bonds. The summed E-state index contributed by atoms with van der Waals surface area (Å²) in [6.07, 6.45) is 0.440. The van der Waals surface area contributed by atoms with Crippen LogP contribution in [0.25, 0.3) is 0 Å². The highest BCUT2D eigenvalue weighted by molar-refractivity contribution is 9.10. The first-order valence-corrected chi connectivity index (χ1v) is 6.28. The van der Waals surface area contributed by atoms with Crippen LogP contribution >= 0.6 is 15.9 Å². The summed E-state index contributed by atoms with van der Waals surface area (Å²) in [5, 5.41) is 10.2. The van der Waals surface area contributed by atoms with E-state index in [-0.39, 0.29) is 5.92 Å². The molecule has 0 aliphatic heterocycles. The molecule has 16 heavy (non-hydrogen) atoms. The number of ether oxygens (including phenoxy) is 1. The van der Waals surface area contributed by atoms with Gasteiger partial charge in [-0.25, -0.2) is 0 Å². The molecule has 0 saturated carbocycles. The zero-order chi connectivity index (χ0) is 12.1. The normalized spacial score (nSPS) is 14.8. The lowest BCUT2D eigenvalue weighted by Gasteiger charge is -2.19. The quantitative estimate of drug-likeness (QED) is 0.898. The number of aryl methyl sites for hydroxylation is 1. The maximum atomic E-state index is 10.2. The van der Waals surface area contributed by atoms with Crippen molar-refractivity contribution in [2.75, 3.05) is 13.7 Å². The molecular formula is C13H19BrO2. The van der Waals surface area contributed by atoms with Gasteiger partial charge in [0.2, 0.25) is 0 Å². The van der Waals surface area contributed by atoms with Gasteiger partial charge in [0, 0.05) is 18.2 Å². The lowest BCUT2D eigenvalue weighted by atomic mass is 9.94. The number of aliphatic hydroxyl groups is 1. The average Bonchev–Trinajstić information content (AvgIpc) is 2.23. The molecule has 1 aromatic rings. The Morgan fingerprint density at radius 3 is 2.62 bits per heavy atom. The number of halogens is 1. The highest BCUT2D eigenvalue weighted by Crippen LogP contribution is 2.27. The topological polar surface area (TPSA) is 29.5 Å². The van der Waals surface area contributed by atoms with Crippen LogP contribution in [0, 0.1) is 12.8 Å². The molecule has 0 heterocycles. The van der Waals surface area contributed by atoms with E-state index in [0.29, 0.717) is 6.61 Å². The van der Waals surface area contributed by atoms with E-state index in [9.17, 15) is 5.11 Å². The van der Waals surface area contributed by atoms with Crippen LogP contribution in [0.5, 0.6) is 0 Å². The first kappa shape index (κ1) is 13.7. The van der Waals surface area contributed by atoms with E-state index in [1.807, 2.05) is 32.0 Å². The van der Waals surface area contributed by atoms with Crippen molar-refractivity contribution in [3.8, 4) is 0 Å². The third kappa shape index (κ3) is 3.89. The third-order valence-corrected chi connectivity index (χ3v) is 3.18. The van der Waals surface area contributed by atoms with Crippen molar-refractivity contribution < 1.29 is 9.84 Å². The largest absolute Gasteiger partial charge is 0.388 e. The van der Waals surface area contributed by atoms with Crippen molar-refractivity contribution in [2.45, 2.75) is 26.4 Å². The molecule has 0 aromatic heterocycles. The Labute approximate surface area is 106 Å². The molecule has 1 rings (SSSR count). The van der Waals surface area contributed by atoms with Crippen molar-refractivity contribution in [1.29, 1.82) is 0 Å². The smallest absolute Gasteiger partial charge is 0.0816 e. The van der Waals surface area contributed by atoms with Gasteiger partial charge in [-0.3, -0.25) is 0 Å². The van der Waals surface area contributed by atoms with Gasteiger partial charge in [0.25, 0.3) is 0 Å². The van der Waals surface area contributed by atoms with Crippen LogP contribution in [0.3, 0.4) is 0 Å². The number of rotatable bonds is 5. The van der Waals surface area contributed by atoms with Crippen LogP contribution in [-0.4, -0.2) is 18.8 Å². The second-order valence-electron chi connectivity index (χ2n) is 4.27. The molecule has 0 bridgehead atoms. The zero-order valence-electron chi connectivity index (χ0n) is 10.0.